The summed E-state index contributed by atoms with van der Waals surface area (Å²) in [5.74, 6) is 0.950. The number of hydrogen-bond acceptors (Lipinski definition) is 5. The van der Waals surface area contributed by atoms with Crippen LogP contribution in [0.15, 0.2) is 41.5 Å². The molecule has 6 nitrogen and oxygen atoms in total. The molecule has 138 valence electrons. The molecule has 0 unspecified atom stereocenters. The molecule has 0 radical (unpaired) electrons. The van der Waals surface area contributed by atoms with Crippen LogP contribution in [0.5, 0.6) is 5.75 Å². The Morgan fingerprint density at radius 3 is 2.59 bits per heavy atom. The fourth-order valence-corrected chi connectivity index (χ4v) is 3.66. The lowest BCUT2D eigenvalue weighted by molar-refractivity contribution is 0.241. The summed E-state index contributed by atoms with van der Waals surface area (Å²) in [6.45, 7) is 5.98. The van der Waals surface area contributed by atoms with Crippen molar-refractivity contribution < 1.29 is 5.11 Å². The predicted octanol–water partition coefficient (Wildman–Crippen LogP) is 2.71. The van der Waals surface area contributed by atoms with E-state index in [1.54, 1.807) is 12.4 Å². The first-order chi connectivity index (χ1) is 13.0. The van der Waals surface area contributed by atoms with Crippen LogP contribution in [-0.4, -0.2) is 31.5 Å². The average molecular weight is 362 g/mol. The zero-order valence-electron chi connectivity index (χ0n) is 15.5. The number of hydrogen-bond donors (Lipinski definition) is 2. The minimum Gasteiger partial charge on any atom is -0.507 e. The number of benzene rings is 1. The largest absolute Gasteiger partial charge is 0.507 e. The van der Waals surface area contributed by atoms with Crippen molar-refractivity contribution in [2.45, 2.75) is 33.4 Å². The van der Waals surface area contributed by atoms with Gasteiger partial charge in [0.15, 0.2) is 0 Å². The Hall–Kier alpha value is -2.99. The van der Waals surface area contributed by atoms with Crippen molar-refractivity contribution in [2.75, 3.05) is 6.54 Å². The minimum atomic E-state index is -0.0745. The van der Waals surface area contributed by atoms with Crippen molar-refractivity contribution in [1.82, 2.24) is 19.9 Å². The highest BCUT2D eigenvalue weighted by atomic mass is 16.3. The van der Waals surface area contributed by atoms with Gasteiger partial charge in [-0.15, -0.1) is 0 Å². The van der Waals surface area contributed by atoms with Crippen LogP contribution in [0.25, 0.3) is 11.4 Å². The smallest absolute Gasteiger partial charge is 0.255 e. The molecular formula is C21H22N4O2. The third-order valence-electron chi connectivity index (χ3n) is 5.06. The first-order valence-corrected chi connectivity index (χ1v) is 9.05. The van der Waals surface area contributed by atoms with Gasteiger partial charge in [0, 0.05) is 44.0 Å². The van der Waals surface area contributed by atoms with Crippen molar-refractivity contribution in [3.05, 3.63) is 75.0 Å². The van der Waals surface area contributed by atoms with E-state index >= 15 is 0 Å². The number of H-pyrrole nitrogens is 1. The number of fused-ring (bicyclic) bond motifs is 1. The summed E-state index contributed by atoms with van der Waals surface area (Å²) in [6, 6.07) is 7.70. The first kappa shape index (κ1) is 17.4. The monoisotopic (exact) mass is 362 g/mol. The first-order valence-electron chi connectivity index (χ1n) is 9.05. The SMILES string of the molecule is Cc1cc(CN2CCc3nc(-c4ccncc4)[nH]c(=O)c3C2)cc(C)c1O. The van der Waals surface area contributed by atoms with Gasteiger partial charge in [-0.2, -0.15) is 0 Å². The van der Waals surface area contributed by atoms with E-state index in [4.69, 9.17) is 0 Å². The lowest BCUT2D eigenvalue weighted by Gasteiger charge is -2.28. The Balaban J connectivity index is 1.58. The molecule has 1 aromatic carbocycles. The maximum atomic E-state index is 12.6. The van der Waals surface area contributed by atoms with E-state index < -0.39 is 0 Å². The second-order valence-electron chi connectivity index (χ2n) is 7.11. The fraction of sp³-hybridized carbons (Fsp3) is 0.286. The summed E-state index contributed by atoms with van der Waals surface area (Å²) >= 11 is 0. The molecule has 1 aliphatic heterocycles. The van der Waals surface area contributed by atoms with E-state index in [1.165, 1.54) is 0 Å². The van der Waals surface area contributed by atoms with Gasteiger partial charge >= 0.3 is 0 Å². The molecule has 3 aromatic rings. The minimum absolute atomic E-state index is 0.0745. The highest BCUT2D eigenvalue weighted by molar-refractivity contribution is 5.54. The van der Waals surface area contributed by atoms with E-state index in [1.807, 2.05) is 38.1 Å². The van der Waals surface area contributed by atoms with E-state index in [0.717, 1.165) is 53.0 Å². The van der Waals surface area contributed by atoms with Crippen LogP contribution in [0.4, 0.5) is 0 Å². The zero-order chi connectivity index (χ0) is 19.0. The molecule has 27 heavy (non-hydrogen) atoms. The molecule has 0 bridgehead atoms. The Morgan fingerprint density at radius 2 is 1.89 bits per heavy atom. The number of phenols is 1. The van der Waals surface area contributed by atoms with Crippen molar-refractivity contribution in [3.8, 4) is 17.1 Å². The number of phenolic OH excluding ortho intramolecular Hbond substituents is 1. The van der Waals surface area contributed by atoms with E-state index in [-0.39, 0.29) is 5.56 Å². The van der Waals surface area contributed by atoms with Gasteiger partial charge in [-0.25, -0.2) is 4.98 Å². The van der Waals surface area contributed by atoms with Crippen molar-refractivity contribution >= 4 is 0 Å². The Morgan fingerprint density at radius 1 is 1.19 bits per heavy atom. The Kier molecular flexibility index (Phi) is 4.49. The number of rotatable bonds is 3. The lowest BCUT2D eigenvalue weighted by atomic mass is 10.0. The number of nitrogens with zero attached hydrogens (tertiary/aromatic N) is 3. The molecular weight excluding hydrogens is 340 g/mol. The topological polar surface area (TPSA) is 82.1 Å². The number of aromatic amines is 1. The maximum absolute atomic E-state index is 12.6. The molecule has 4 rings (SSSR count). The second-order valence-corrected chi connectivity index (χ2v) is 7.11. The maximum Gasteiger partial charge on any atom is 0.255 e. The fourth-order valence-electron chi connectivity index (χ4n) is 3.66. The van der Waals surface area contributed by atoms with E-state index in [9.17, 15) is 9.90 Å². The predicted molar refractivity (Wildman–Crippen MR) is 103 cm³/mol. The van der Waals surface area contributed by atoms with Gasteiger partial charge in [0.05, 0.1) is 11.3 Å². The van der Waals surface area contributed by atoms with Gasteiger partial charge in [-0.3, -0.25) is 14.7 Å². The molecule has 0 amide bonds. The quantitative estimate of drug-likeness (QED) is 0.749. The molecule has 0 atom stereocenters. The molecule has 0 saturated heterocycles. The molecule has 0 aliphatic carbocycles. The number of aromatic hydroxyl groups is 1. The second kappa shape index (κ2) is 6.96. The van der Waals surface area contributed by atoms with Crippen LogP contribution in [-0.2, 0) is 19.5 Å². The van der Waals surface area contributed by atoms with Crippen molar-refractivity contribution in [3.63, 3.8) is 0 Å². The van der Waals surface area contributed by atoms with Gasteiger partial charge in [-0.1, -0.05) is 12.1 Å². The van der Waals surface area contributed by atoms with E-state index in [0.29, 0.717) is 18.1 Å². The van der Waals surface area contributed by atoms with Gasteiger partial charge in [0.25, 0.3) is 5.56 Å². The Labute approximate surface area is 157 Å². The van der Waals surface area contributed by atoms with Gasteiger partial charge < -0.3 is 10.1 Å². The third-order valence-corrected chi connectivity index (χ3v) is 5.06. The van der Waals surface area contributed by atoms with Crippen molar-refractivity contribution in [1.29, 1.82) is 0 Å². The van der Waals surface area contributed by atoms with Gasteiger partial charge in [0.1, 0.15) is 11.6 Å². The summed E-state index contributed by atoms with van der Waals surface area (Å²) < 4.78 is 0. The highest BCUT2D eigenvalue weighted by Crippen LogP contribution is 2.25. The van der Waals surface area contributed by atoms with Crippen molar-refractivity contribution in [2.24, 2.45) is 0 Å². The Bertz CT molecular complexity index is 1020. The summed E-state index contributed by atoms with van der Waals surface area (Å²) in [4.78, 5) is 26.5. The summed E-state index contributed by atoms with van der Waals surface area (Å²) in [6.07, 6.45) is 4.13. The molecule has 0 fully saturated rings. The number of pyridine rings is 1. The average Bonchev–Trinajstić information content (AvgIpc) is 2.67. The number of nitrogens with one attached hydrogen (secondary N) is 1. The number of aromatic nitrogens is 3. The third kappa shape index (κ3) is 3.48. The highest BCUT2D eigenvalue weighted by Gasteiger charge is 2.22. The lowest BCUT2D eigenvalue weighted by Crippen LogP contribution is -2.35. The summed E-state index contributed by atoms with van der Waals surface area (Å²) in [7, 11) is 0. The molecule has 2 aromatic heterocycles. The molecule has 0 spiro atoms. The molecule has 1 aliphatic rings. The molecule has 3 heterocycles. The summed E-state index contributed by atoms with van der Waals surface area (Å²) in [5, 5.41) is 9.95. The van der Waals surface area contributed by atoms with Crippen LogP contribution >= 0.6 is 0 Å². The molecule has 2 N–H and O–H groups in total. The molecule has 0 saturated carbocycles. The van der Waals surface area contributed by atoms with Crippen LogP contribution in [0.3, 0.4) is 0 Å². The van der Waals surface area contributed by atoms with E-state index in [2.05, 4.69) is 19.9 Å². The van der Waals surface area contributed by atoms with Gasteiger partial charge in [-0.05, 0) is 42.7 Å². The van der Waals surface area contributed by atoms with Crippen LogP contribution in [0, 0.1) is 13.8 Å². The molecule has 6 heteroatoms. The number of aryl methyl sites for hydroxylation is 2. The zero-order valence-corrected chi connectivity index (χ0v) is 15.5. The summed E-state index contributed by atoms with van der Waals surface area (Å²) in [5.41, 5.74) is 5.31. The van der Waals surface area contributed by atoms with Crippen LogP contribution < -0.4 is 5.56 Å². The van der Waals surface area contributed by atoms with Gasteiger partial charge in [0.2, 0.25) is 0 Å². The van der Waals surface area contributed by atoms with Crippen LogP contribution in [0.1, 0.15) is 27.9 Å². The standard InChI is InChI=1S/C21H22N4O2/c1-13-9-15(10-14(2)19(13)26)11-25-8-5-18-17(12-25)21(27)24-20(23-18)16-3-6-22-7-4-16/h3-4,6-7,9-10,26H,5,8,11-12H2,1-2H3,(H,23,24,27). The van der Waals surface area contributed by atoms with Crippen LogP contribution in [0.2, 0.25) is 0 Å². The normalized spacial score (nSPS) is 14.1.